The van der Waals surface area contributed by atoms with Crippen LogP contribution < -0.4 is 0 Å². The van der Waals surface area contributed by atoms with Gasteiger partial charge in [0, 0.05) is 0 Å². The van der Waals surface area contributed by atoms with Crippen LogP contribution in [0, 0.1) is 19.9 Å². The summed E-state index contributed by atoms with van der Waals surface area (Å²) in [6.07, 6.45) is 0. The standard InChI is InChI=1S/C7H7.C2H5.BrH.Mg/c1-7-5-3-2-4-6-7;1-2;;/h2-3,5-6H,1H3;1H2,2H3;1H;/q2*-1;;+2. The van der Waals surface area contributed by atoms with E-state index in [2.05, 4.69) is 26.0 Å². The van der Waals surface area contributed by atoms with Crippen molar-refractivity contribution in [1.29, 1.82) is 0 Å². The summed E-state index contributed by atoms with van der Waals surface area (Å²) in [7, 11) is 0. The van der Waals surface area contributed by atoms with E-state index < -0.39 is 0 Å². The minimum Gasteiger partial charge on any atom is -0.346 e. The van der Waals surface area contributed by atoms with Crippen molar-refractivity contribution in [2.45, 2.75) is 13.8 Å². The van der Waals surface area contributed by atoms with Gasteiger partial charge in [0.25, 0.3) is 0 Å². The molecule has 1 rings (SSSR count). The Hall–Kier alpha value is 0.466. The van der Waals surface area contributed by atoms with Gasteiger partial charge in [0.15, 0.2) is 0 Å². The summed E-state index contributed by atoms with van der Waals surface area (Å²) in [5.74, 6) is 0. The molecule has 0 aliphatic heterocycles. The van der Waals surface area contributed by atoms with Gasteiger partial charge in [-0.3, -0.25) is 0 Å². The fourth-order valence-electron chi connectivity index (χ4n) is 0.483. The van der Waals surface area contributed by atoms with Crippen LogP contribution in [0.2, 0.25) is 0 Å². The van der Waals surface area contributed by atoms with Crippen LogP contribution in [0.5, 0.6) is 0 Å². The number of halogens is 1. The smallest absolute Gasteiger partial charge is 0.346 e. The fraction of sp³-hybridized carbons (Fsp3) is 0.222. The number of benzene rings is 1. The van der Waals surface area contributed by atoms with E-state index in [9.17, 15) is 0 Å². The number of hydrogen-bond acceptors (Lipinski definition) is 0. The van der Waals surface area contributed by atoms with Gasteiger partial charge in [0.2, 0.25) is 0 Å². The van der Waals surface area contributed by atoms with Gasteiger partial charge in [-0.15, -0.1) is 17.0 Å². The van der Waals surface area contributed by atoms with E-state index in [1.165, 1.54) is 5.56 Å². The van der Waals surface area contributed by atoms with Gasteiger partial charge in [-0.2, -0.15) is 42.8 Å². The summed E-state index contributed by atoms with van der Waals surface area (Å²) in [6, 6.07) is 10.8. The quantitative estimate of drug-likeness (QED) is 0.470. The topological polar surface area (TPSA) is 0 Å². The predicted molar refractivity (Wildman–Crippen MR) is 57.1 cm³/mol. The molecule has 0 heterocycles. The summed E-state index contributed by atoms with van der Waals surface area (Å²) in [4.78, 5) is 0. The Bertz CT molecular complexity index is 139. The molecule has 0 spiro atoms. The molecule has 0 aliphatic rings. The second-order valence-corrected chi connectivity index (χ2v) is 1.58. The summed E-state index contributed by atoms with van der Waals surface area (Å²) in [6.45, 7) is 7.05. The van der Waals surface area contributed by atoms with Crippen molar-refractivity contribution < 1.29 is 0 Å². The third kappa shape index (κ3) is 10.5. The van der Waals surface area contributed by atoms with E-state index in [0.29, 0.717) is 0 Å². The second-order valence-electron chi connectivity index (χ2n) is 1.58. The van der Waals surface area contributed by atoms with Crippen LogP contribution in [0.1, 0.15) is 12.5 Å². The van der Waals surface area contributed by atoms with Crippen molar-refractivity contribution in [3.63, 3.8) is 0 Å². The maximum absolute atomic E-state index is 3.25. The molecule has 0 aliphatic carbocycles. The largest absolute Gasteiger partial charge is 2.00 e. The zero-order chi connectivity index (χ0) is 7.11. The van der Waals surface area contributed by atoms with Crippen LogP contribution in [0.15, 0.2) is 24.3 Å². The summed E-state index contributed by atoms with van der Waals surface area (Å²) < 4.78 is 0. The van der Waals surface area contributed by atoms with Crippen LogP contribution >= 0.6 is 17.0 Å². The minimum absolute atomic E-state index is 0. The first-order valence-electron chi connectivity index (χ1n) is 3.03. The molecule has 0 unspecified atom stereocenters. The average molecular weight is 225 g/mol. The summed E-state index contributed by atoms with van der Waals surface area (Å²) in [5.41, 5.74) is 1.27. The molecule has 0 aromatic heterocycles. The Balaban J connectivity index is -0.000000149. The van der Waals surface area contributed by atoms with Gasteiger partial charge in [-0.05, 0) is 0 Å². The van der Waals surface area contributed by atoms with E-state index in [1.807, 2.05) is 18.2 Å². The first kappa shape index (κ1) is 17.5. The molecule has 0 saturated heterocycles. The van der Waals surface area contributed by atoms with Crippen molar-refractivity contribution in [1.82, 2.24) is 0 Å². The SMILES string of the molecule is Br.Cc1c[c-]ccc1.[CH2-]C.[Mg+2]. The molecule has 0 N–H and O–H groups in total. The van der Waals surface area contributed by atoms with Crippen molar-refractivity contribution in [2.24, 2.45) is 0 Å². The van der Waals surface area contributed by atoms with E-state index in [-0.39, 0.29) is 40.0 Å². The van der Waals surface area contributed by atoms with Crippen LogP contribution in [0.3, 0.4) is 0 Å². The zero-order valence-electron chi connectivity index (χ0n) is 7.13. The van der Waals surface area contributed by atoms with Gasteiger partial charge in [-0.1, -0.05) is 6.92 Å². The number of aryl methyl sites for hydroxylation is 1. The molecule has 1 aromatic carbocycles. The molecule has 0 amide bonds. The monoisotopic (exact) mass is 224 g/mol. The molecule has 2 heteroatoms. The van der Waals surface area contributed by atoms with Crippen LogP contribution in [0.4, 0.5) is 0 Å². The maximum atomic E-state index is 3.25. The third-order valence-electron chi connectivity index (χ3n) is 0.863. The molecular formula is C9H13BrMg. The van der Waals surface area contributed by atoms with E-state index in [4.69, 9.17) is 0 Å². The van der Waals surface area contributed by atoms with E-state index in [1.54, 1.807) is 6.92 Å². The molecular weight excluding hydrogens is 212 g/mol. The normalized spacial score (nSPS) is 6.09. The molecule has 58 valence electrons. The molecule has 11 heavy (non-hydrogen) atoms. The molecule has 0 bridgehead atoms. The zero-order valence-corrected chi connectivity index (χ0v) is 10.3. The van der Waals surface area contributed by atoms with Crippen molar-refractivity contribution in [3.05, 3.63) is 42.8 Å². The van der Waals surface area contributed by atoms with E-state index >= 15 is 0 Å². The van der Waals surface area contributed by atoms with Crippen molar-refractivity contribution in [2.75, 3.05) is 0 Å². The number of rotatable bonds is 0. The van der Waals surface area contributed by atoms with Gasteiger partial charge in [0.1, 0.15) is 0 Å². The maximum Gasteiger partial charge on any atom is 2.00 e. The Morgan fingerprint density at radius 3 is 2.09 bits per heavy atom. The van der Waals surface area contributed by atoms with Crippen LogP contribution in [0.25, 0.3) is 0 Å². The Kier molecular flexibility index (Phi) is 20.8. The molecule has 0 atom stereocenters. The predicted octanol–water partition coefficient (Wildman–Crippen LogP) is 2.83. The molecule has 0 saturated carbocycles. The minimum atomic E-state index is 0. The third-order valence-corrected chi connectivity index (χ3v) is 0.863. The Labute approximate surface area is 96.3 Å². The molecule has 1 aromatic rings. The van der Waals surface area contributed by atoms with Gasteiger partial charge in [0.05, 0.1) is 0 Å². The fourth-order valence-corrected chi connectivity index (χ4v) is 0.483. The van der Waals surface area contributed by atoms with Crippen molar-refractivity contribution in [3.8, 4) is 0 Å². The van der Waals surface area contributed by atoms with Crippen LogP contribution in [-0.2, 0) is 0 Å². The summed E-state index contributed by atoms with van der Waals surface area (Å²) >= 11 is 0. The van der Waals surface area contributed by atoms with E-state index in [0.717, 1.165) is 0 Å². The van der Waals surface area contributed by atoms with Gasteiger partial charge < -0.3 is 6.92 Å². The Morgan fingerprint density at radius 2 is 1.91 bits per heavy atom. The summed E-state index contributed by atoms with van der Waals surface area (Å²) in [5, 5.41) is 0. The molecule has 0 fully saturated rings. The second kappa shape index (κ2) is 13.1. The first-order chi connectivity index (χ1) is 4.39. The van der Waals surface area contributed by atoms with Gasteiger partial charge in [-0.25, -0.2) is 0 Å². The van der Waals surface area contributed by atoms with Crippen molar-refractivity contribution >= 4 is 40.0 Å². The first-order valence-corrected chi connectivity index (χ1v) is 3.03. The van der Waals surface area contributed by atoms with Crippen LogP contribution in [-0.4, -0.2) is 23.1 Å². The number of hydrogen-bond donors (Lipinski definition) is 0. The Morgan fingerprint density at radius 1 is 1.36 bits per heavy atom. The molecule has 0 radical (unpaired) electrons. The van der Waals surface area contributed by atoms with Gasteiger partial charge >= 0.3 is 23.1 Å². The molecule has 0 nitrogen and oxygen atoms in total. The average Bonchev–Trinajstić information content (AvgIpc) is 1.94.